The minimum absolute atomic E-state index is 0.0203. The lowest BCUT2D eigenvalue weighted by molar-refractivity contribution is -0.137. The Morgan fingerprint density at radius 3 is 2.55 bits per heavy atom. The van der Waals surface area contributed by atoms with Crippen LogP contribution in [0.4, 0.5) is 17.6 Å². The molecule has 0 spiro atoms. The third kappa shape index (κ3) is 4.90. The first-order valence-electron chi connectivity index (χ1n) is 9.91. The zero-order chi connectivity index (χ0) is 22.8. The Kier molecular flexibility index (Phi) is 7.01. The van der Waals surface area contributed by atoms with E-state index in [9.17, 15) is 22.4 Å². The number of methoxy groups -OCH3 is 1. The second kappa shape index (κ2) is 9.20. The molecule has 0 bridgehead atoms. The third-order valence-corrected chi connectivity index (χ3v) is 6.59. The number of ether oxygens (including phenoxy) is 1. The summed E-state index contributed by atoms with van der Waals surface area (Å²) in [5, 5.41) is 0. The van der Waals surface area contributed by atoms with E-state index < -0.39 is 17.2 Å². The highest BCUT2D eigenvalue weighted by Crippen LogP contribution is 2.43. The van der Waals surface area contributed by atoms with Gasteiger partial charge in [0, 0.05) is 23.3 Å². The number of hydrogen-bond acceptors (Lipinski definition) is 4. The Hall–Kier alpha value is -2.06. The predicted octanol–water partition coefficient (Wildman–Crippen LogP) is 5.81. The van der Waals surface area contributed by atoms with Crippen LogP contribution in [-0.4, -0.2) is 44.2 Å². The topological polar surface area (TPSA) is 29.5 Å². The van der Waals surface area contributed by atoms with E-state index in [1.165, 1.54) is 13.2 Å². The highest BCUT2D eigenvalue weighted by Gasteiger charge is 2.41. The van der Waals surface area contributed by atoms with Crippen molar-refractivity contribution in [3.63, 3.8) is 0 Å². The van der Waals surface area contributed by atoms with E-state index in [-0.39, 0.29) is 34.2 Å². The van der Waals surface area contributed by atoms with E-state index in [0.29, 0.717) is 18.5 Å². The van der Waals surface area contributed by atoms with Crippen LogP contribution in [-0.2, 0) is 11.6 Å². The van der Waals surface area contributed by atoms with Crippen molar-refractivity contribution in [1.82, 2.24) is 4.90 Å². The van der Waals surface area contributed by atoms with Crippen LogP contribution in [0.15, 0.2) is 41.3 Å². The van der Waals surface area contributed by atoms with Crippen LogP contribution in [0.1, 0.15) is 40.7 Å². The Morgan fingerprint density at radius 1 is 1.26 bits per heavy atom. The van der Waals surface area contributed by atoms with Crippen LogP contribution in [0, 0.1) is 5.82 Å². The van der Waals surface area contributed by atoms with Gasteiger partial charge in [0.2, 0.25) is 0 Å². The second-order valence-corrected chi connectivity index (χ2v) is 8.80. The van der Waals surface area contributed by atoms with Gasteiger partial charge < -0.3 is 9.64 Å². The lowest BCUT2D eigenvalue weighted by atomic mass is 9.70. The van der Waals surface area contributed by atoms with E-state index in [1.54, 1.807) is 24.5 Å². The number of thioether (sulfide) groups is 1. The van der Waals surface area contributed by atoms with E-state index >= 15 is 0 Å². The van der Waals surface area contributed by atoms with Crippen molar-refractivity contribution in [2.24, 2.45) is 0 Å². The summed E-state index contributed by atoms with van der Waals surface area (Å²) in [6, 6.07) is 8.25. The Morgan fingerprint density at radius 2 is 1.97 bits per heavy atom. The lowest BCUT2D eigenvalue weighted by Crippen LogP contribution is -2.46. The zero-order valence-electron chi connectivity index (χ0n) is 17.7. The van der Waals surface area contributed by atoms with E-state index in [4.69, 9.17) is 4.74 Å². The number of likely N-dealkylation sites (N-methyl/N-ethyl adjacent to an activating group) is 1. The molecule has 0 N–H and O–H groups in total. The molecule has 3 rings (SSSR count). The van der Waals surface area contributed by atoms with Gasteiger partial charge in [0.05, 0.1) is 18.2 Å². The molecule has 1 heterocycles. The van der Waals surface area contributed by atoms with Crippen LogP contribution in [0.3, 0.4) is 0 Å². The van der Waals surface area contributed by atoms with Crippen LogP contribution < -0.4 is 4.74 Å². The van der Waals surface area contributed by atoms with Gasteiger partial charge in [0.15, 0.2) is 5.78 Å². The second-order valence-electron chi connectivity index (χ2n) is 7.95. The van der Waals surface area contributed by atoms with Crippen LogP contribution >= 0.6 is 11.8 Å². The van der Waals surface area contributed by atoms with Crippen LogP contribution in [0.25, 0.3) is 0 Å². The first-order chi connectivity index (χ1) is 14.6. The number of alkyl halides is 3. The van der Waals surface area contributed by atoms with Crippen molar-refractivity contribution in [2.75, 3.05) is 33.5 Å². The van der Waals surface area contributed by atoms with E-state index in [0.717, 1.165) is 36.9 Å². The molecule has 1 saturated heterocycles. The molecular formula is C23H25F4NO2S. The number of benzene rings is 2. The van der Waals surface area contributed by atoms with Crippen molar-refractivity contribution in [3.05, 3.63) is 58.9 Å². The summed E-state index contributed by atoms with van der Waals surface area (Å²) < 4.78 is 59.9. The molecule has 0 amide bonds. The summed E-state index contributed by atoms with van der Waals surface area (Å²) in [5.74, 6) is -0.847. The summed E-state index contributed by atoms with van der Waals surface area (Å²) in [6.45, 7) is 1.32. The standard InChI is InChI=1S/C23H25F4NO2S/c1-28-10-6-9-22(14-28,16-7-4-5-8-17(16)24)13-18(29)21-19(30-2)11-15(23(25,26)27)12-20(21)31-3/h4-5,7-8,11-12H,6,9-10,13-14H2,1-3H3. The molecule has 0 aromatic heterocycles. The number of piperidine rings is 1. The molecule has 1 aliphatic rings. The van der Waals surface area contributed by atoms with Gasteiger partial charge in [-0.05, 0) is 56.5 Å². The molecule has 1 fully saturated rings. The monoisotopic (exact) mass is 455 g/mol. The lowest BCUT2D eigenvalue weighted by Gasteiger charge is -2.42. The molecule has 0 aliphatic carbocycles. The molecule has 31 heavy (non-hydrogen) atoms. The van der Waals surface area contributed by atoms with Gasteiger partial charge in [-0.2, -0.15) is 13.2 Å². The number of nitrogens with zero attached hydrogens (tertiary/aromatic N) is 1. The van der Waals surface area contributed by atoms with Gasteiger partial charge in [0.25, 0.3) is 0 Å². The average Bonchev–Trinajstić information content (AvgIpc) is 2.72. The smallest absolute Gasteiger partial charge is 0.416 e. The molecular weight excluding hydrogens is 430 g/mol. The first-order valence-corrected chi connectivity index (χ1v) is 11.1. The highest BCUT2D eigenvalue weighted by molar-refractivity contribution is 7.98. The maximum atomic E-state index is 14.8. The molecule has 3 nitrogen and oxygen atoms in total. The van der Waals surface area contributed by atoms with Gasteiger partial charge >= 0.3 is 6.18 Å². The minimum atomic E-state index is -4.56. The van der Waals surface area contributed by atoms with Gasteiger partial charge in [0.1, 0.15) is 11.6 Å². The third-order valence-electron chi connectivity index (χ3n) is 5.82. The molecule has 1 unspecified atom stereocenters. The fraction of sp³-hybridized carbons (Fsp3) is 0.435. The average molecular weight is 456 g/mol. The van der Waals surface area contributed by atoms with Crippen molar-refractivity contribution >= 4 is 17.5 Å². The van der Waals surface area contributed by atoms with Gasteiger partial charge in [-0.25, -0.2) is 4.39 Å². The summed E-state index contributed by atoms with van der Waals surface area (Å²) >= 11 is 1.06. The number of halogens is 4. The number of carbonyl (C=O) groups excluding carboxylic acids is 1. The van der Waals surface area contributed by atoms with Gasteiger partial charge in [-0.1, -0.05) is 18.2 Å². The number of ketones is 1. The molecule has 2 aromatic rings. The number of hydrogen-bond donors (Lipinski definition) is 0. The first kappa shape index (κ1) is 23.6. The highest BCUT2D eigenvalue weighted by atomic mass is 32.2. The quantitative estimate of drug-likeness (QED) is 0.312. The van der Waals surface area contributed by atoms with Crippen LogP contribution in [0.5, 0.6) is 5.75 Å². The number of carbonyl (C=O) groups is 1. The fourth-order valence-corrected chi connectivity index (χ4v) is 5.12. The molecule has 1 atom stereocenters. The Balaban J connectivity index is 2.08. The van der Waals surface area contributed by atoms with Crippen molar-refractivity contribution in [2.45, 2.75) is 35.7 Å². The fourth-order valence-electron chi connectivity index (χ4n) is 4.46. The zero-order valence-corrected chi connectivity index (χ0v) is 18.5. The molecule has 0 radical (unpaired) electrons. The van der Waals surface area contributed by atoms with Gasteiger partial charge in [-0.3, -0.25) is 4.79 Å². The summed E-state index contributed by atoms with van der Waals surface area (Å²) in [6.07, 6.45) is -1.56. The van der Waals surface area contributed by atoms with Crippen molar-refractivity contribution < 1.29 is 27.1 Å². The normalized spacial score (nSPS) is 20.0. The maximum absolute atomic E-state index is 14.8. The number of rotatable bonds is 6. The van der Waals surface area contributed by atoms with E-state index in [1.807, 2.05) is 7.05 Å². The van der Waals surface area contributed by atoms with E-state index in [2.05, 4.69) is 4.90 Å². The Bertz CT molecular complexity index is 938. The molecule has 168 valence electrons. The van der Waals surface area contributed by atoms with Gasteiger partial charge in [-0.15, -0.1) is 11.8 Å². The summed E-state index contributed by atoms with van der Waals surface area (Å²) in [5.41, 5.74) is -1.05. The van der Waals surface area contributed by atoms with Crippen molar-refractivity contribution in [3.8, 4) is 5.75 Å². The van der Waals surface area contributed by atoms with Crippen molar-refractivity contribution in [1.29, 1.82) is 0 Å². The minimum Gasteiger partial charge on any atom is -0.496 e. The predicted molar refractivity (Wildman–Crippen MR) is 114 cm³/mol. The number of Topliss-reactive ketones (excluding diaryl/α,β-unsaturated/α-hetero) is 1. The molecule has 1 aliphatic heterocycles. The SMILES string of the molecule is COc1cc(C(F)(F)F)cc(SC)c1C(=O)CC1(c2ccccc2F)CCCN(C)C1. The molecule has 2 aromatic carbocycles. The summed E-state index contributed by atoms with van der Waals surface area (Å²) in [4.78, 5) is 15.8. The number of likely N-dealkylation sites (tertiary alicyclic amines) is 1. The van der Waals surface area contributed by atoms with Crippen LogP contribution in [0.2, 0.25) is 0 Å². The molecule has 8 heteroatoms. The molecule has 0 saturated carbocycles. The largest absolute Gasteiger partial charge is 0.496 e. The maximum Gasteiger partial charge on any atom is 0.416 e. The Labute approximate surface area is 183 Å². The summed E-state index contributed by atoms with van der Waals surface area (Å²) in [7, 11) is 3.17.